The standard InChI is InChI=1S/C20H21ClN6O/c21-14-1-3-15(4-2-14)22-17-18(25-20-19(24-17)26-28-27-20)23-16-12-6-10-5-11(8-12)9-13(16)7-10/h1-4,10-13,16H,5-9H2,(H,22,24,26)(H,23,25,27). The highest BCUT2D eigenvalue weighted by atomic mass is 35.5. The number of nitrogens with zero attached hydrogens (tertiary/aromatic N) is 4. The average Bonchev–Trinajstić information content (AvgIpc) is 3.13. The van der Waals surface area contributed by atoms with Crippen LogP contribution in [0.1, 0.15) is 32.1 Å². The minimum atomic E-state index is 0.395. The molecule has 28 heavy (non-hydrogen) atoms. The highest BCUT2D eigenvalue weighted by molar-refractivity contribution is 6.30. The lowest BCUT2D eigenvalue weighted by molar-refractivity contribution is 0.00744. The molecule has 4 aliphatic rings. The third-order valence-corrected chi connectivity index (χ3v) is 7.00. The fraction of sp³-hybridized carbons (Fsp3) is 0.500. The van der Waals surface area contributed by atoms with Crippen molar-refractivity contribution in [1.82, 2.24) is 20.3 Å². The molecule has 4 fully saturated rings. The average molecular weight is 397 g/mol. The molecule has 2 aromatic heterocycles. The summed E-state index contributed by atoms with van der Waals surface area (Å²) < 4.78 is 4.83. The topological polar surface area (TPSA) is 88.8 Å². The second kappa shape index (κ2) is 6.30. The summed E-state index contributed by atoms with van der Waals surface area (Å²) in [6.07, 6.45) is 6.80. The Morgan fingerprint density at radius 2 is 1.43 bits per heavy atom. The molecule has 7 nitrogen and oxygen atoms in total. The van der Waals surface area contributed by atoms with Crippen LogP contribution < -0.4 is 10.6 Å². The first-order valence-electron chi connectivity index (χ1n) is 10.0. The van der Waals surface area contributed by atoms with E-state index in [9.17, 15) is 0 Å². The third kappa shape index (κ3) is 2.80. The number of rotatable bonds is 4. The molecule has 1 aromatic carbocycles. The van der Waals surface area contributed by atoms with E-state index in [1.165, 1.54) is 32.1 Å². The van der Waals surface area contributed by atoms with Gasteiger partial charge in [0.2, 0.25) is 11.3 Å². The number of fused-ring (bicyclic) bond motifs is 1. The largest absolute Gasteiger partial charge is 0.364 e. The normalized spacial score (nSPS) is 30.7. The van der Waals surface area contributed by atoms with E-state index in [1.807, 2.05) is 24.3 Å². The molecule has 2 N–H and O–H groups in total. The molecule has 0 radical (unpaired) electrons. The molecule has 4 bridgehead atoms. The first-order chi connectivity index (χ1) is 13.7. The molecule has 0 saturated heterocycles. The van der Waals surface area contributed by atoms with Crippen molar-refractivity contribution >= 4 is 40.2 Å². The van der Waals surface area contributed by atoms with Crippen LogP contribution in [0.3, 0.4) is 0 Å². The van der Waals surface area contributed by atoms with E-state index in [-0.39, 0.29) is 0 Å². The van der Waals surface area contributed by atoms with Crippen molar-refractivity contribution in [1.29, 1.82) is 0 Å². The fourth-order valence-electron chi connectivity index (χ4n) is 5.81. The molecule has 0 amide bonds. The van der Waals surface area contributed by atoms with Crippen molar-refractivity contribution in [3.8, 4) is 0 Å². The predicted molar refractivity (Wildman–Crippen MR) is 107 cm³/mol. The molecule has 7 rings (SSSR count). The summed E-state index contributed by atoms with van der Waals surface area (Å²) in [6.45, 7) is 0. The molecule has 3 aromatic rings. The molecule has 2 heterocycles. The number of halogens is 1. The Morgan fingerprint density at radius 1 is 0.821 bits per heavy atom. The van der Waals surface area contributed by atoms with Crippen LogP contribution in [0.2, 0.25) is 5.02 Å². The highest BCUT2D eigenvalue weighted by Gasteiger charge is 2.48. The van der Waals surface area contributed by atoms with Crippen LogP contribution >= 0.6 is 11.6 Å². The predicted octanol–water partition coefficient (Wildman–Crippen LogP) is 4.65. The maximum absolute atomic E-state index is 6.01. The van der Waals surface area contributed by atoms with Gasteiger partial charge in [-0.3, -0.25) is 0 Å². The summed E-state index contributed by atoms with van der Waals surface area (Å²) >= 11 is 6.01. The van der Waals surface area contributed by atoms with E-state index in [1.54, 1.807) is 0 Å². The second-order valence-electron chi connectivity index (χ2n) is 8.56. The number of hydrogen-bond acceptors (Lipinski definition) is 7. The summed E-state index contributed by atoms with van der Waals surface area (Å²) in [7, 11) is 0. The molecule has 4 saturated carbocycles. The Bertz CT molecular complexity index is 991. The quantitative estimate of drug-likeness (QED) is 0.663. The third-order valence-electron chi connectivity index (χ3n) is 6.75. The monoisotopic (exact) mass is 396 g/mol. The van der Waals surface area contributed by atoms with Crippen LogP contribution in [-0.4, -0.2) is 26.3 Å². The zero-order valence-electron chi connectivity index (χ0n) is 15.3. The van der Waals surface area contributed by atoms with Gasteiger partial charge >= 0.3 is 0 Å². The van der Waals surface area contributed by atoms with Crippen LogP contribution in [0.4, 0.5) is 17.3 Å². The zero-order chi connectivity index (χ0) is 18.7. The van der Waals surface area contributed by atoms with Crippen molar-refractivity contribution in [3.63, 3.8) is 0 Å². The van der Waals surface area contributed by atoms with Gasteiger partial charge in [0.1, 0.15) is 0 Å². The molecule has 0 spiro atoms. The molecule has 0 unspecified atom stereocenters. The summed E-state index contributed by atoms with van der Waals surface area (Å²) in [5.74, 6) is 4.68. The smallest absolute Gasteiger partial charge is 0.245 e. The first kappa shape index (κ1) is 16.5. The lowest BCUT2D eigenvalue weighted by atomic mass is 9.54. The van der Waals surface area contributed by atoms with Crippen LogP contribution in [0, 0.1) is 23.7 Å². The van der Waals surface area contributed by atoms with E-state index >= 15 is 0 Å². The van der Waals surface area contributed by atoms with E-state index in [0.717, 1.165) is 35.2 Å². The summed E-state index contributed by atoms with van der Waals surface area (Å²) in [5.41, 5.74) is 1.71. The van der Waals surface area contributed by atoms with E-state index in [4.69, 9.17) is 16.2 Å². The number of nitrogens with one attached hydrogen (secondary N) is 2. The second-order valence-corrected chi connectivity index (χ2v) is 9.00. The number of anilines is 3. The van der Waals surface area contributed by atoms with Gasteiger partial charge in [0.25, 0.3) is 0 Å². The van der Waals surface area contributed by atoms with Crippen LogP contribution in [-0.2, 0) is 0 Å². The van der Waals surface area contributed by atoms with Crippen molar-refractivity contribution in [2.24, 2.45) is 23.7 Å². The van der Waals surface area contributed by atoms with Crippen molar-refractivity contribution in [2.75, 3.05) is 10.6 Å². The Morgan fingerprint density at radius 3 is 2.07 bits per heavy atom. The van der Waals surface area contributed by atoms with Crippen LogP contribution in [0.5, 0.6) is 0 Å². The Kier molecular flexibility index (Phi) is 3.72. The van der Waals surface area contributed by atoms with Gasteiger partial charge in [0, 0.05) is 16.8 Å². The number of hydrogen-bond donors (Lipinski definition) is 2. The number of benzene rings is 1. The van der Waals surface area contributed by atoms with Crippen LogP contribution in [0.15, 0.2) is 28.9 Å². The van der Waals surface area contributed by atoms with Gasteiger partial charge in [-0.2, -0.15) is 0 Å². The fourth-order valence-corrected chi connectivity index (χ4v) is 5.94. The van der Waals surface area contributed by atoms with Gasteiger partial charge < -0.3 is 10.6 Å². The highest BCUT2D eigenvalue weighted by Crippen LogP contribution is 2.54. The first-order valence-corrected chi connectivity index (χ1v) is 10.4. The molecular weight excluding hydrogens is 376 g/mol. The molecule has 8 heteroatoms. The minimum absolute atomic E-state index is 0.395. The summed E-state index contributed by atoms with van der Waals surface area (Å²) in [4.78, 5) is 9.27. The molecule has 4 aliphatic carbocycles. The maximum Gasteiger partial charge on any atom is 0.245 e. The molecule has 0 aliphatic heterocycles. The van der Waals surface area contributed by atoms with Crippen molar-refractivity contribution in [2.45, 2.75) is 38.1 Å². The minimum Gasteiger partial charge on any atom is -0.364 e. The lowest BCUT2D eigenvalue weighted by Crippen LogP contribution is -2.51. The summed E-state index contributed by atoms with van der Waals surface area (Å²) in [6, 6.07) is 7.98. The van der Waals surface area contributed by atoms with Crippen LogP contribution in [0.25, 0.3) is 11.3 Å². The van der Waals surface area contributed by atoms with Gasteiger partial charge in [-0.25, -0.2) is 14.6 Å². The van der Waals surface area contributed by atoms with E-state index < -0.39 is 0 Å². The molecule has 0 atom stereocenters. The van der Waals surface area contributed by atoms with Crippen molar-refractivity contribution in [3.05, 3.63) is 29.3 Å². The van der Waals surface area contributed by atoms with Gasteiger partial charge in [0.15, 0.2) is 11.6 Å². The Balaban J connectivity index is 1.34. The Labute approximate surface area is 167 Å². The lowest BCUT2D eigenvalue weighted by Gasteiger charge is -2.54. The van der Waals surface area contributed by atoms with Gasteiger partial charge in [-0.15, -0.1) is 0 Å². The van der Waals surface area contributed by atoms with Gasteiger partial charge in [0.05, 0.1) is 0 Å². The SMILES string of the molecule is Clc1ccc(Nc2nc3nonc3nc2NC2C3CC4CC(C3)CC2C4)cc1. The molecular formula is C20H21ClN6O. The van der Waals surface area contributed by atoms with Crippen molar-refractivity contribution < 1.29 is 4.63 Å². The summed E-state index contributed by atoms with van der Waals surface area (Å²) in [5, 5.41) is 15.5. The molecule has 144 valence electrons. The zero-order valence-corrected chi connectivity index (χ0v) is 16.1. The van der Waals surface area contributed by atoms with E-state index in [2.05, 4.69) is 30.9 Å². The van der Waals surface area contributed by atoms with Gasteiger partial charge in [-0.1, -0.05) is 11.6 Å². The Hall–Kier alpha value is -2.41. The number of aromatic nitrogens is 4. The van der Waals surface area contributed by atoms with Gasteiger partial charge in [-0.05, 0) is 90.4 Å². The van der Waals surface area contributed by atoms with E-state index in [0.29, 0.717) is 28.2 Å². The maximum atomic E-state index is 6.01.